The lowest BCUT2D eigenvalue weighted by Gasteiger charge is -2.38. The van der Waals surface area contributed by atoms with Gasteiger partial charge in [0, 0.05) is 5.41 Å². The highest BCUT2D eigenvalue weighted by molar-refractivity contribution is 7.94. The largest absolute Gasteiger partial charge is 0.480 e. The third-order valence-electron chi connectivity index (χ3n) is 3.90. The van der Waals surface area contributed by atoms with Gasteiger partial charge in [-0.05, 0) is 12.3 Å². The second-order valence-electron chi connectivity index (χ2n) is 5.57. The van der Waals surface area contributed by atoms with Gasteiger partial charge < -0.3 is 9.84 Å². The molecule has 0 bridgehead atoms. The lowest BCUT2D eigenvalue weighted by molar-refractivity contribution is -0.137. The number of aliphatic carboxylic acids is 1. The lowest BCUT2D eigenvalue weighted by Crippen LogP contribution is -2.49. The van der Waals surface area contributed by atoms with Crippen LogP contribution in [0.2, 0.25) is 0 Å². The van der Waals surface area contributed by atoms with Crippen LogP contribution in [0.15, 0.2) is 0 Å². The molecule has 2 unspecified atom stereocenters. The first-order valence-electron chi connectivity index (χ1n) is 5.81. The number of rotatable bonds is 5. The summed E-state index contributed by atoms with van der Waals surface area (Å²) in [6.45, 7) is 4.46. The zero-order chi connectivity index (χ0) is 12.9. The SMILES string of the molecule is CCC1CC1(C(=O)O)S(=O)(=O)CC1(C)COC1. The summed E-state index contributed by atoms with van der Waals surface area (Å²) >= 11 is 0. The first-order chi connectivity index (χ1) is 7.77. The molecule has 1 N–H and O–H groups in total. The van der Waals surface area contributed by atoms with Crippen LogP contribution < -0.4 is 0 Å². The van der Waals surface area contributed by atoms with Crippen molar-refractivity contribution in [3.63, 3.8) is 0 Å². The molecule has 1 heterocycles. The summed E-state index contributed by atoms with van der Waals surface area (Å²) < 4.78 is 28.1. The van der Waals surface area contributed by atoms with Crippen molar-refractivity contribution in [2.45, 2.75) is 31.4 Å². The number of carboxylic acids is 1. The average Bonchev–Trinajstić information content (AvgIpc) is 2.90. The second kappa shape index (κ2) is 3.68. The maximum absolute atomic E-state index is 12.3. The minimum atomic E-state index is -3.61. The number of carbonyl (C=O) groups is 1. The van der Waals surface area contributed by atoms with E-state index in [0.717, 1.165) is 0 Å². The third-order valence-corrected chi connectivity index (χ3v) is 6.76. The molecule has 0 spiro atoms. The monoisotopic (exact) mass is 262 g/mol. The van der Waals surface area contributed by atoms with Gasteiger partial charge in [-0.25, -0.2) is 8.42 Å². The van der Waals surface area contributed by atoms with Gasteiger partial charge >= 0.3 is 5.97 Å². The summed E-state index contributed by atoms with van der Waals surface area (Å²) in [7, 11) is -3.61. The van der Waals surface area contributed by atoms with Gasteiger partial charge in [0.1, 0.15) is 0 Å². The summed E-state index contributed by atoms with van der Waals surface area (Å²) in [5.74, 6) is -1.49. The van der Waals surface area contributed by atoms with E-state index in [9.17, 15) is 18.3 Å². The van der Waals surface area contributed by atoms with E-state index < -0.39 is 26.0 Å². The van der Waals surface area contributed by atoms with E-state index in [2.05, 4.69) is 0 Å². The predicted octanol–water partition coefficient (Wildman–Crippen LogP) is 0.691. The molecule has 0 radical (unpaired) electrons. The van der Waals surface area contributed by atoms with Crippen LogP contribution in [0.4, 0.5) is 0 Å². The van der Waals surface area contributed by atoms with Gasteiger partial charge in [-0.1, -0.05) is 20.3 Å². The minimum Gasteiger partial charge on any atom is -0.480 e. The normalized spacial score (nSPS) is 35.1. The standard InChI is InChI=1S/C11H18O5S/c1-3-8-4-11(8,9(12)13)17(14,15)7-10(2)5-16-6-10/h8H,3-7H2,1-2H3,(H,12,13). The van der Waals surface area contributed by atoms with Crippen molar-refractivity contribution in [3.05, 3.63) is 0 Å². The summed E-state index contributed by atoms with van der Waals surface area (Å²) in [6, 6.07) is 0. The molecule has 1 saturated carbocycles. The van der Waals surface area contributed by atoms with Crippen LogP contribution in [0.25, 0.3) is 0 Å². The summed E-state index contributed by atoms with van der Waals surface area (Å²) in [5, 5.41) is 9.22. The smallest absolute Gasteiger partial charge is 0.325 e. The highest BCUT2D eigenvalue weighted by Crippen LogP contribution is 2.54. The fraction of sp³-hybridized carbons (Fsp3) is 0.909. The fourth-order valence-corrected chi connectivity index (χ4v) is 5.42. The number of hydrogen-bond donors (Lipinski definition) is 1. The van der Waals surface area contributed by atoms with Crippen molar-refractivity contribution >= 4 is 15.8 Å². The molecule has 0 aromatic carbocycles. The molecule has 2 aliphatic rings. The third kappa shape index (κ3) is 1.78. The molecule has 1 saturated heterocycles. The van der Waals surface area contributed by atoms with E-state index in [1.165, 1.54) is 0 Å². The Bertz CT molecular complexity index is 437. The van der Waals surface area contributed by atoms with Gasteiger partial charge in [-0.3, -0.25) is 4.79 Å². The number of carboxylic acid groups (broad SMARTS) is 1. The Morgan fingerprint density at radius 3 is 2.35 bits per heavy atom. The second-order valence-corrected chi connectivity index (χ2v) is 7.81. The van der Waals surface area contributed by atoms with Crippen LogP contribution in [0.3, 0.4) is 0 Å². The highest BCUT2D eigenvalue weighted by atomic mass is 32.2. The summed E-state index contributed by atoms with van der Waals surface area (Å²) in [4.78, 5) is 11.3. The maximum Gasteiger partial charge on any atom is 0.325 e. The van der Waals surface area contributed by atoms with Crippen LogP contribution in [-0.2, 0) is 19.4 Å². The Balaban J connectivity index is 2.22. The Hall–Kier alpha value is -0.620. The zero-order valence-corrected chi connectivity index (χ0v) is 10.9. The molecular weight excluding hydrogens is 244 g/mol. The molecule has 1 aliphatic heterocycles. The van der Waals surface area contributed by atoms with Gasteiger partial charge in [0.25, 0.3) is 0 Å². The van der Waals surface area contributed by atoms with Gasteiger partial charge in [-0.15, -0.1) is 0 Å². The van der Waals surface area contributed by atoms with Gasteiger partial charge in [0.15, 0.2) is 14.6 Å². The topological polar surface area (TPSA) is 80.7 Å². The zero-order valence-electron chi connectivity index (χ0n) is 10.1. The van der Waals surface area contributed by atoms with Crippen LogP contribution in [0.5, 0.6) is 0 Å². The van der Waals surface area contributed by atoms with E-state index >= 15 is 0 Å². The predicted molar refractivity (Wildman–Crippen MR) is 61.5 cm³/mol. The van der Waals surface area contributed by atoms with E-state index in [-0.39, 0.29) is 18.1 Å². The Morgan fingerprint density at radius 2 is 2.06 bits per heavy atom. The number of ether oxygens (including phenoxy) is 1. The summed E-state index contributed by atoms with van der Waals surface area (Å²) in [6.07, 6.45) is 0.858. The molecule has 0 aromatic rings. The molecule has 2 rings (SSSR count). The molecule has 98 valence electrons. The molecule has 5 nitrogen and oxygen atoms in total. The van der Waals surface area contributed by atoms with Gasteiger partial charge in [0.2, 0.25) is 0 Å². The first-order valence-corrected chi connectivity index (χ1v) is 7.46. The molecular formula is C11H18O5S. The van der Waals surface area contributed by atoms with Crippen LogP contribution in [-0.4, -0.2) is 43.2 Å². The lowest BCUT2D eigenvalue weighted by atomic mass is 9.92. The van der Waals surface area contributed by atoms with Crippen molar-refractivity contribution in [1.29, 1.82) is 0 Å². The van der Waals surface area contributed by atoms with E-state index in [0.29, 0.717) is 19.6 Å². The van der Waals surface area contributed by atoms with Crippen LogP contribution in [0.1, 0.15) is 26.7 Å². The molecule has 2 atom stereocenters. The van der Waals surface area contributed by atoms with E-state index in [1.807, 2.05) is 13.8 Å². The van der Waals surface area contributed by atoms with Crippen molar-refractivity contribution in [3.8, 4) is 0 Å². The van der Waals surface area contributed by atoms with E-state index in [4.69, 9.17) is 4.74 Å². The summed E-state index contributed by atoms with van der Waals surface area (Å²) in [5.41, 5.74) is -0.401. The number of sulfone groups is 1. The Morgan fingerprint density at radius 1 is 1.47 bits per heavy atom. The van der Waals surface area contributed by atoms with Crippen molar-refractivity contribution in [1.82, 2.24) is 0 Å². The Kier molecular flexibility index (Phi) is 2.78. The van der Waals surface area contributed by atoms with Crippen LogP contribution >= 0.6 is 0 Å². The number of hydrogen-bond acceptors (Lipinski definition) is 4. The molecule has 2 fully saturated rings. The van der Waals surface area contributed by atoms with Gasteiger partial charge in [0.05, 0.1) is 19.0 Å². The molecule has 0 aromatic heterocycles. The Labute approximate surface area is 101 Å². The average molecular weight is 262 g/mol. The fourth-order valence-electron chi connectivity index (χ4n) is 2.68. The van der Waals surface area contributed by atoms with Crippen molar-refractivity contribution in [2.75, 3.05) is 19.0 Å². The van der Waals surface area contributed by atoms with Gasteiger partial charge in [-0.2, -0.15) is 0 Å². The van der Waals surface area contributed by atoms with Crippen molar-refractivity contribution in [2.24, 2.45) is 11.3 Å². The van der Waals surface area contributed by atoms with Crippen molar-refractivity contribution < 1.29 is 23.1 Å². The molecule has 1 aliphatic carbocycles. The molecule has 0 amide bonds. The molecule has 6 heteroatoms. The highest BCUT2D eigenvalue weighted by Gasteiger charge is 2.69. The maximum atomic E-state index is 12.3. The van der Waals surface area contributed by atoms with Crippen LogP contribution in [0, 0.1) is 11.3 Å². The molecule has 17 heavy (non-hydrogen) atoms. The first kappa shape index (κ1) is 12.8. The van der Waals surface area contributed by atoms with E-state index in [1.54, 1.807) is 0 Å². The minimum absolute atomic E-state index is 0.0806. The quantitative estimate of drug-likeness (QED) is 0.788.